The second-order valence-corrected chi connectivity index (χ2v) is 6.15. The Balaban J connectivity index is 1.95. The number of benzene rings is 2. The summed E-state index contributed by atoms with van der Waals surface area (Å²) in [4.78, 5) is 0. The molecule has 0 aliphatic heterocycles. The van der Waals surface area contributed by atoms with E-state index in [-0.39, 0.29) is 0 Å². The minimum Gasteiger partial charge on any atom is -0.309 e. The molecule has 2 aromatic rings. The van der Waals surface area contributed by atoms with Crippen molar-refractivity contribution in [2.45, 2.75) is 39.2 Å². The van der Waals surface area contributed by atoms with Crippen molar-refractivity contribution in [3.63, 3.8) is 0 Å². The first-order valence-electron chi connectivity index (χ1n) is 7.45. The van der Waals surface area contributed by atoms with E-state index in [0.717, 1.165) is 6.54 Å². The molecule has 3 rings (SSSR count). The van der Waals surface area contributed by atoms with Crippen molar-refractivity contribution in [3.05, 3.63) is 48.0 Å². The monoisotopic (exact) mass is 253 g/mol. The fourth-order valence-electron chi connectivity index (χ4n) is 2.93. The van der Waals surface area contributed by atoms with Gasteiger partial charge in [0.05, 0.1) is 0 Å². The minimum absolute atomic E-state index is 0.470. The first-order chi connectivity index (χ1) is 9.23. The van der Waals surface area contributed by atoms with Gasteiger partial charge in [-0.05, 0) is 53.6 Å². The van der Waals surface area contributed by atoms with Gasteiger partial charge in [0.2, 0.25) is 0 Å². The summed E-state index contributed by atoms with van der Waals surface area (Å²) in [6.07, 6.45) is 3.89. The molecule has 1 unspecified atom stereocenters. The standard InChI is InChI=1S/C18H23N/c1-3-12-19-17(18(2)10-11-18)16-9-8-14-6-4-5-7-15(14)13-16/h4-9,13,17,19H,3,10-12H2,1-2H3. The maximum atomic E-state index is 3.75. The number of hydrogen-bond donors (Lipinski definition) is 1. The lowest BCUT2D eigenvalue weighted by Crippen LogP contribution is -2.28. The van der Waals surface area contributed by atoms with Crippen LogP contribution >= 0.6 is 0 Å². The molecule has 0 amide bonds. The molecule has 0 aromatic heterocycles. The van der Waals surface area contributed by atoms with Crippen molar-refractivity contribution in [2.24, 2.45) is 5.41 Å². The smallest absolute Gasteiger partial charge is 0.0374 e. The van der Waals surface area contributed by atoms with Crippen LogP contribution in [0.1, 0.15) is 44.7 Å². The highest BCUT2D eigenvalue weighted by Gasteiger charge is 2.45. The Kier molecular flexibility index (Phi) is 3.32. The average molecular weight is 253 g/mol. The highest BCUT2D eigenvalue weighted by molar-refractivity contribution is 5.83. The predicted molar refractivity (Wildman–Crippen MR) is 82.3 cm³/mol. The highest BCUT2D eigenvalue weighted by Crippen LogP contribution is 2.54. The van der Waals surface area contributed by atoms with Gasteiger partial charge in [-0.25, -0.2) is 0 Å². The third-order valence-electron chi connectivity index (χ3n) is 4.44. The van der Waals surface area contributed by atoms with E-state index in [4.69, 9.17) is 0 Å². The summed E-state index contributed by atoms with van der Waals surface area (Å²) in [5, 5.41) is 6.44. The van der Waals surface area contributed by atoms with Gasteiger partial charge in [-0.3, -0.25) is 0 Å². The zero-order valence-electron chi connectivity index (χ0n) is 11.9. The van der Waals surface area contributed by atoms with Gasteiger partial charge in [0.1, 0.15) is 0 Å². The molecule has 2 aromatic carbocycles. The van der Waals surface area contributed by atoms with Crippen molar-refractivity contribution in [2.75, 3.05) is 6.54 Å². The Morgan fingerprint density at radius 3 is 2.53 bits per heavy atom. The number of fused-ring (bicyclic) bond motifs is 1. The lowest BCUT2D eigenvalue weighted by atomic mass is 9.90. The summed E-state index contributed by atoms with van der Waals surface area (Å²) in [5.74, 6) is 0. The Labute approximate surface area is 116 Å². The van der Waals surface area contributed by atoms with Gasteiger partial charge in [0.15, 0.2) is 0 Å². The van der Waals surface area contributed by atoms with Gasteiger partial charge in [-0.15, -0.1) is 0 Å². The fourth-order valence-corrected chi connectivity index (χ4v) is 2.93. The van der Waals surface area contributed by atoms with Crippen LogP contribution in [0.5, 0.6) is 0 Å². The van der Waals surface area contributed by atoms with Crippen LogP contribution in [-0.2, 0) is 0 Å². The number of rotatable bonds is 5. The van der Waals surface area contributed by atoms with Crippen LogP contribution in [0.25, 0.3) is 10.8 Å². The molecule has 0 heterocycles. The van der Waals surface area contributed by atoms with E-state index in [0.29, 0.717) is 11.5 Å². The van der Waals surface area contributed by atoms with E-state index in [1.54, 1.807) is 0 Å². The molecule has 1 aliphatic carbocycles. The average Bonchev–Trinajstić information content (AvgIpc) is 3.18. The minimum atomic E-state index is 0.470. The molecule has 0 saturated heterocycles. The van der Waals surface area contributed by atoms with Crippen LogP contribution in [0.2, 0.25) is 0 Å². The van der Waals surface area contributed by atoms with Crippen molar-refractivity contribution < 1.29 is 0 Å². The van der Waals surface area contributed by atoms with Gasteiger partial charge >= 0.3 is 0 Å². The molecular weight excluding hydrogens is 230 g/mol. The van der Waals surface area contributed by atoms with Crippen LogP contribution in [0.3, 0.4) is 0 Å². The van der Waals surface area contributed by atoms with Crippen LogP contribution in [-0.4, -0.2) is 6.54 Å². The third-order valence-corrected chi connectivity index (χ3v) is 4.44. The molecule has 100 valence electrons. The number of hydrogen-bond acceptors (Lipinski definition) is 1. The molecule has 0 bridgehead atoms. The quantitative estimate of drug-likeness (QED) is 0.815. The van der Waals surface area contributed by atoms with Crippen molar-refractivity contribution in [1.29, 1.82) is 0 Å². The zero-order valence-corrected chi connectivity index (χ0v) is 11.9. The predicted octanol–water partition coefficient (Wildman–Crippen LogP) is 4.68. The van der Waals surface area contributed by atoms with Gasteiger partial charge in [0, 0.05) is 6.04 Å². The van der Waals surface area contributed by atoms with Gasteiger partial charge in [0.25, 0.3) is 0 Å². The van der Waals surface area contributed by atoms with E-state index < -0.39 is 0 Å². The third kappa shape index (κ3) is 2.52. The summed E-state index contributed by atoms with van der Waals surface area (Å²) < 4.78 is 0. The zero-order chi connectivity index (χ0) is 13.3. The largest absolute Gasteiger partial charge is 0.309 e. The molecule has 1 heteroatoms. The van der Waals surface area contributed by atoms with E-state index in [9.17, 15) is 0 Å². The summed E-state index contributed by atoms with van der Waals surface area (Å²) >= 11 is 0. The fraction of sp³-hybridized carbons (Fsp3) is 0.444. The Morgan fingerprint density at radius 2 is 1.84 bits per heavy atom. The highest BCUT2D eigenvalue weighted by atomic mass is 14.9. The van der Waals surface area contributed by atoms with E-state index in [1.807, 2.05) is 0 Å². The van der Waals surface area contributed by atoms with Crippen molar-refractivity contribution in [1.82, 2.24) is 5.32 Å². The first kappa shape index (κ1) is 12.7. The molecule has 1 N–H and O–H groups in total. The van der Waals surface area contributed by atoms with E-state index in [2.05, 4.69) is 61.6 Å². The lowest BCUT2D eigenvalue weighted by Gasteiger charge is -2.26. The maximum Gasteiger partial charge on any atom is 0.0374 e. The van der Waals surface area contributed by atoms with Crippen molar-refractivity contribution >= 4 is 10.8 Å². The van der Waals surface area contributed by atoms with Gasteiger partial charge < -0.3 is 5.32 Å². The van der Waals surface area contributed by atoms with E-state index in [1.165, 1.54) is 35.6 Å². The number of nitrogens with one attached hydrogen (secondary N) is 1. The first-order valence-corrected chi connectivity index (χ1v) is 7.45. The molecular formula is C18H23N. The Hall–Kier alpha value is -1.34. The molecule has 0 spiro atoms. The molecule has 1 fully saturated rings. The SMILES string of the molecule is CCCNC(c1ccc2ccccc2c1)C1(C)CC1. The molecule has 1 saturated carbocycles. The molecule has 1 atom stereocenters. The van der Waals surface area contributed by atoms with Crippen LogP contribution in [0.15, 0.2) is 42.5 Å². The molecule has 1 nitrogen and oxygen atoms in total. The molecule has 0 radical (unpaired) electrons. The second kappa shape index (κ2) is 4.97. The van der Waals surface area contributed by atoms with Crippen LogP contribution in [0.4, 0.5) is 0 Å². The van der Waals surface area contributed by atoms with Crippen LogP contribution < -0.4 is 5.32 Å². The molecule has 1 aliphatic rings. The second-order valence-electron chi connectivity index (χ2n) is 6.15. The van der Waals surface area contributed by atoms with E-state index >= 15 is 0 Å². The normalized spacial score (nSPS) is 18.4. The maximum absolute atomic E-state index is 3.75. The summed E-state index contributed by atoms with van der Waals surface area (Å²) in [6, 6.07) is 16.1. The topological polar surface area (TPSA) is 12.0 Å². The van der Waals surface area contributed by atoms with Gasteiger partial charge in [-0.1, -0.05) is 50.2 Å². The Bertz CT molecular complexity index is 569. The van der Waals surface area contributed by atoms with Crippen LogP contribution in [0, 0.1) is 5.41 Å². The van der Waals surface area contributed by atoms with Crippen molar-refractivity contribution in [3.8, 4) is 0 Å². The molecule has 19 heavy (non-hydrogen) atoms. The Morgan fingerprint density at radius 1 is 1.11 bits per heavy atom. The lowest BCUT2D eigenvalue weighted by molar-refractivity contribution is 0.367. The van der Waals surface area contributed by atoms with Gasteiger partial charge in [-0.2, -0.15) is 0 Å². The summed E-state index contributed by atoms with van der Waals surface area (Å²) in [6.45, 7) is 5.75. The summed E-state index contributed by atoms with van der Waals surface area (Å²) in [7, 11) is 0. The summed E-state index contributed by atoms with van der Waals surface area (Å²) in [5.41, 5.74) is 1.92.